The number of likely N-dealkylation sites (tertiary alicyclic amines) is 1. The van der Waals surface area contributed by atoms with Crippen LogP contribution in [0.2, 0.25) is 0 Å². The number of carbonyl (C=O) groups is 3. The molecule has 1 unspecified atom stereocenters. The largest absolute Gasteiger partial charge is 0.427 e. The Morgan fingerprint density at radius 3 is 2.79 bits per heavy atom. The molecule has 29 heavy (non-hydrogen) atoms. The highest BCUT2D eigenvalue weighted by molar-refractivity contribution is 5.90. The molecule has 3 atom stereocenters. The average Bonchev–Trinajstić information content (AvgIpc) is 3.08. The topological polar surface area (TPSA) is 115 Å². The van der Waals surface area contributed by atoms with Gasteiger partial charge in [-0.15, -0.1) is 0 Å². The predicted octanol–water partition coefficient (Wildman–Crippen LogP) is 0.885. The summed E-state index contributed by atoms with van der Waals surface area (Å²) < 4.78 is 27.4. The lowest BCUT2D eigenvalue weighted by atomic mass is 9.99. The number of unbranched alkanes of at least 4 members (excludes halogenated alkanes) is 1. The molecule has 1 aliphatic rings. The van der Waals surface area contributed by atoms with E-state index < -0.39 is 35.8 Å². The third kappa shape index (κ3) is 5.83. The molecule has 1 aliphatic heterocycles. The first-order valence-electron chi connectivity index (χ1n) is 9.28. The van der Waals surface area contributed by atoms with Gasteiger partial charge in [0.2, 0.25) is 12.3 Å². The zero-order valence-electron chi connectivity index (χ0n) is 15.9. The van der Waals surface area contributed by atoms with Crippen LogP contribution in [0.25, 0.3) is 0 Å². The van der Waals surface area contributed by atoms with E-state index in [0.29, 0.717) is 28.8 Å². The summed E-state index contributed by atoms with van der Waals surface area (Å²) >= 11 is 0. The lowest BCUT2D eigenvalue weighted by molar-refractivity contribution is -0.158. The maximum Gasteiger partial charge on any atom is 0.270 e. The minimum atomic E-state index is -1.44. The summed E-state index contributed by atoms with van der Waals surface area (Å²) in [5.41, 5.74) is -0.267. The maximum atomic E-state index is 14.1. The van der Waals surface area contributed by atoms with E-state index in [1.165, 1.54) is 0 Å². The molecule has 0 bridgehead atoms. The SMILES string of the molecule is CCCC[C@H](CN(O)C=O)C(=O)N1CC(F)C[C@H]1C(=O)N=c1ccc(F)cn1O. The Morgan fingerprint density at radius 2 is 2.17 bits per heavy atom. The molecule has 1 aromatic rings. The number of aromatic nitrogens is 1. The van der Waals surface area contributed by atoms with Gasteiger partial charge in [-0.1, -0.05) is 19.8 Å². The minimum absolute atomic E-state index is 0.167. The summed E-state index contributed by atoms with van der Waals surface area (Å²) in [6, 6.07) is 0.860. The number of amides is 3. The van der Waals surface area contributed by atoms with Crippen LogP contribution in [0.3, 0.4) is 0 Å². The standard InChI is InChI=1S/C18H24F2N4O5/c1-2-3-4-12(8-22(28)11-25)18(27)23-9-14(20)7-15(23)17(26)21-16-6-5-13(19)10-24(16)29/h5-6,10-12,14-15,28-29H,2-4,7-9H2,1H3/t12-,14?,15+/m1/s1. The first kappa shape index (κ1) is 22.5. The highest BCUT2D eigenvalue weighted by Crippen LogP contribution is 2.25. The van der Waals surface area contributed by atoms with Gasteiger partial charge in [0.15, 0.2) is 5.49 Å². The van der Waals surface area contributed by atoms with Gasteiger partial charge in [-0.25, -0.2) is 13.8 Å². The summed E-state index contributed by atoms with van der Waals surface area (Å²) in [5.74, 6) is -2.98. The number of hydrogen-bond donors (Lipinski definition) is 2. The quantitative estimate of drug-likeness (QED) is 0.284. The van der Waals surface area contributed by atoms with Crippen molar-refractivity contribution in [1.82, 2.24) is 14.7 Å². The zero-order valence-corrected chi connectivity index (χ0v) is 15.9. The number of hydroxylamine groups is 2. The van der Waals surface area contributed by atoms with Crippen molar-refractivity contribution in [3.8, 4) is 0 Å². The van der Waals surface area contributed by atoms with Crippen LogP contribution in [-0.2, 0) is 14.4 Å². The van der Waals surface area contributed by atoms with Crippen molar-refractivity contribution in [3.63, 3.8) is 0 Å². The average molecular weight is 414 g/mol. The van der Waals surface area contributed by atoms with E-state index in [4.69, 9.17) is 0 Å². The van der Waals surface area contributed by atoms with Gasteiger partial charge in [-0.2, -0.15) is 9.72 Å². The smallest absolute Gasteiger partial charge is 0.270 e. The second kappa shape index (κ2) is 10.1. The summed E-state index contributed by atoms with van der Waals surface area (Å²) in [5, 5.41) is 19.4. The molecule has 2 rings (SSSR count). The molecular formula is C18H24F2N4O5. The van der Waals surface area contributed by atoms with Crippen LogP contribution in [0.5, 0.6) is 0 Å². The Labute approximate surface area is 165 Å². The van der Waals surface area contributed by atoms with Crippen molar-refractivity contribution in [1.29, 1.82) is 0 Å². The summed E-state index contributed by atoms with van der Waals surface area (Å²) in [6.07, 6.45) is 0.914. The highest BCUT2D eigenvalue weighted by Gasteiger charge is 2.42. The third-order valence-electron chi connectivity index (χ3n) is 4.70. The Bertz CT molecular complexity index is 816. The number of carbonyl (C=O) groups excluding carboxylic acids is 3. The molecule has 1 saturated heterocycles. The van der Waals surface area contributed by atoms with E-state index >= 15 is 0 Å². The van der Waals surface area contributed by atoms with E-state index in [-0.39, 0.29) is 31.4 Å². The van der Waals surface area contributed by atoms with Crippen molar-refractivity contribution in [3.05, 3.63) is 29.6 Å². The van der Waals surface area contributed by atoms with Crippen LogP contribution < -0.4 is 5.49 Å². The van der Waals surface area contributed by atoms with Crippen molar-refractivity contribution in [2.24, 2.45) is 10.9 Å². The van der Waals surface area contributed by atoms with Gasteiger partial charge in [0.25, 0.3) is 5.91 Å². The maximum absolute atomic E-state index is 14.1. The van der Waals surface area contributed by atoms with E-state index in [0.717, 1.165) is 23.5 Å². The fraction of sp³-hybridized carbons (Fsp3) is 0.556. The second-order valence-electron chi connectivity index (χ2n) is 6.91. The van der Waals surface area contributed by atoms with Crippen molar-refractivity contribution in [2.45, 2.75) is 44.8 Å². The molecule has 0 aromatic carbocycles. The lowest BCUT2D eigenvalue weighted by Gasteiger charge is -2.28. The Kier molecular flexibility index (Phi) is 7.82. The van der Waals surface area contributed by atoms with Crippen molar-refractivity contribution < 1.29 is 33.6 Å². The molecule has 3 amide bonds. The molecule has 0 radical (unpaired) electrons. The van der Waals surface area contributed by atoms with Crippen molar-refractivity contribution >= 4 is 18.2 Å². The molecular weight excluding hydrogens is 390 g/mol. The lowest BCUT2D eigenvalue weighted by Crippen LogP contribution is -2.46. The van der Waals surface area contributed by atoms with Gasteiger partial charge >= 0.3 is 0 Å². The molecule has 0 saturated carbocycles. The highest BCUT2D eigenvalue weighted by atomic mass is 19.1. The van der Waals surface area contributed by atoms with Gasteiger partial charge in [0.1, 0.15) is 18.0 Å². The third-order valence-corrected chi connectivity index (χ3v) is 4.70. The van der Waals surface area contributed by atoms with Gasteiger partial charge in [0, 0.05) is 6.42 Å². The number of rotatable bonds is 8. The summed E-state index contributed by atoms with van der Waals surface area (Å²) in [6.45, 7) is 1.31. The first-order chi connectivity index (χ1) is 13.8. The molecule has 2 heterocycles. The summed E-state index contributed by atoms with van der Waals surface area (Å²) in [4.78, 5) is 40.9. The van der Waals surface area contributed by atoms with Crippen LogP contribution in [0.1, 0.15) is 32.6 Å². The van der Waals surface area contributed by atoms with E-state index in [2.05, 4.69) is 4.99 Å². The number of hydrogen-bond acceptors (Lipinski definition) is 5. The van der Waals surface area contributed by atoms with Crippen LogP contribution >= 0.6 is 0 Å². The Balaban J connectivity index is 2.25. The fourth-order valence-corrected chi connectivity index (χ4v) is 3.24. The van der Waals surface area contributed by atoms with Gasteiger partial charge in [-0.05, 0) is 18.6 Å². The van der Waals surface area contributed by atoms with Crippen molar-refractivity contribution in [2.75, 3.05) is 13.1 Å². The zero-order chi connectivity index (χ0) is 21.6. The second-order valence-corrected chi connectivity index (χ2v) is 6.91. The Morgan fingerprint density at radius 1 is 1.45 bits per heavy atom. The molecule has 0 aliphatic carbocycles. The van der Waals surface area contributed by atoms with Crippen LogP contribution in [0.4, 0.5) is 8.78 Å². The van der Waals surface area contributed by atoms with E-state index in [9.17, 15) is 33.6 Å². The van der Waals surface area contributed by atoms with Gasteiger partial charge in [-0.3, -0.25) is 19.6 Å². The molecule has 1 fully saturated rings. The molecule has 11 heteroatoms. The van der Waals surface area contributed by atoms with E-state index in [1.54, 1.807) is 0 Å². The fourth-order valence-electron chi connectivity index (χ4n) is 3.24. The number of halogens is 2. The number of alkyl halides is 1. The van der Waals surface area contributed by atoms with E-state index in [1.807, 2.05) is 6.92 Å². The molecule has 0 spiro atoms. The molecule has 2 N–H and O–H groups in total. The van der Waals surface area contributed by atoms with Crippen LogP contribution in [0, 0.1) is 11.7 Å². The Hall–Kier alpha value is -2.82. The molecule has 9 nitrogen and oxygen atoms in total. The van der Waals surface area contributed by atoms with Crippen LogP contribution in [0.15, 0.2) is 23.3 Å². The number of pyridine rings is 1. The molecule has 1 aromatic heterocycles. The molecule has 160 valence electrons. The first-order valence-corrected chi connectivity index (χ1v) is 9.28. The van der Waals surface area contributed by atoms with Crippen LogP contribution in [-0.4, -0.2) is 68.6 Å². The van der Waals surface area contributed by atoms with Gasteiger partial charge in [0.05, 0.1) is 25.2 Å². The number of nitrogens with zero attached hydrogens (tertiary/aromatic N) is 4. The van der Waals surface area contributed by atoms with Gasteiger partial charge < -0.3 is 10.1 Å². The monoisotopic (exact) mass is 414 g/mol. The summed E-state index contributed by atoms with van der Waals surface area (Å²) in [7, 11) is 0. The normalized spacial score (nSPS) is 20.6. The predicted molar refractivity (Wildman–Crippen MR) is 94.7 cm³/mol. The minimum Gasteiger partial charge on any atom is -0.427 e.